The van der Waals surface area contributed by atoms with Crippen LogP contribution >= 0.6 is 11.6 Å². The van der Waals surface area contributed by atoms with Crippen molar-refractivity contribution in [1.29, 1.82) is 0 Å². The smallest absolute Gasteiger partial charge is 0.237 e. The third kappa shape index (κ3) is 2.05. The fourth-order valence-electron chi connectivity index (χ4n) is 2.01. The second-order valence-corrected chi connectivity index (χ2v) is 4.03. The fourth-order valence-corrected chi connectivity index (χ4v) is 2.18. The third-order valence-corrected chi connectivity index (χ3v) is 3.10. The summed E-state index contributed by atoms with van der Waals surface area (Å²) in [5.41, 5.74) is 0. The van der Waals surface area contributed by atoms with Crippen LogP contribution in [-0.2, 0) is 9.53 Å². The van der Waals surface area contributed by atoms with E-state index in [1.54, 1.807) is 18.2 Å². The van der Waals surface area contributed by atoms with Gasteiger partial charge in [0.05, 0.1) is 12.1 Å². The second kappa shape index (κ2) is 4.84. The minimum atomic E-state index is -0.0571. The first-order chi connectivity index (χ1) is 7.76. The number of halogens is 1. The molecule has 6 heteroatoms. The Labute approximate surface area is 98.9 Å². The van der Waals surface area contributed by atoms with Crippen molar-refractivity contribution in [3.05, 3.63) is 18.5 Å². The maximum absolute atomic E-state index is 11.5. The Morgan fingerprint density at radius 3 is 3.00 bits per heavy atom. The summed E-state index contributed by atoms with van der Waals surface area (Å²) in [6.07, 6.45) is 3.58. The van der Waals surface area contributed by atoms with Gasteiger partial charge in [0, 0.05) is 32.6 Å². The fraction of sp³-hybridized carbons (Fsp3) is 0.600. The van der Waals surface area contributed by atoms with Gasteiger partial charge in [0.1, 0.15) is 5.88 Å². The average molecular weight is 244 g/mol. The van der Waals surface area contributed by atoms with Crippen LogP contribution in [0, 0.1) is 0 Å². The van der Waals surface area contributed by atoms with E-state index in [1.807, 2.05) is 16.9 Å². The molecule has 0 N–H and O–H groups in total. The van der Waals surface area contributed by atoms with Gasteiger partial charge in [0.15, 0.2) is 0 Å². The van der Waals surface area contributed by atoms with Crippen molar-refractivity contribution in [3.63, 3.8) is 0 Å². The molecule has 88 valence electrons. The summed E-state index contributed by atoms with van der Waals surface area (Å²) in [6, 6.07) is 1.94. The summed E-state index contributed by atoms with van der Waals surface area (Å²) in [6.45, 7) is 1.18. The van der Waals surface area contributed by atoms with Crippen molar-refractivity contribution in [2.45, 2.75) is 12.1 Å². The van der Waals surface area contributed by atoms with Crippen LogP contribution in [-0.4, -0.2) is 52.8 Å². The lowest BCUT2D eigenvalue weighted by Gasteiger charge is -2.16. The molecule has 1 aliphatic heterocycles. The number of carbonyl (C=O) groups is 1. The molecule has 0 aromatic carbocycles. The van der Waals surface area contributed by atoms with Gasteiger partial charge in [0.2, 0.25) is 5.91 Å². The number of hydrogen-bond donors (Lipinski definition) is 0. The van der Waals surface area contributed by atoms with E-state index in [2.05, 4.69) is 5.10 Å². The molecule has 0 saturated carbocycles. The van der Waals surface area contributed by atoms with E-state index in [4.69, 9.17) is 16.3 Å². The molecule has 1 aromatic rings. The Morgan fingerprint density at radius 2 is 2.44 bits per heavy atom. The molecular weight excluding hydrogens is 230 g/mol. The second-order valence-electron chi connectivity index (χ2n) is 3.76. The molecule has 0 unspecified atom stereocenters. The maximum Gasteiger partial charge on any atom is 0.237 e. The van der Waals surface area contributed by atoms with Gasteiger partial charge in [-0.3, -0.25) is 9.48 Å². The number of amides is 1. The molecular formula is C10H14ClN3O2. The first-order valence-electron chi connectivity index (χ1n) is 5.12. The highest BCUT2D eigenvalue weighted by molar-refractivity contribution is 6.27. The lowest BCUT2D eigenvalue weighted by molar-refractivity contribution is -0.127. The Bertz CT molecular complexity index is 355. The van der Waals surface area contributed by atoms with Crippen LogP contribution < -0.4 is 0 Å². The van der Waals surface area contributed by atoms with Crippen LogP contribution in [0.5, 0.6) is 0 Å². The molecule has 0 radical (unpaired) electrons. The summed E-state index contributed by atoms with van der Waals surface area (Å²) in [5, 5.41) is 4.18. The third-order valence-electron chi connectivity index (χ3n) is 2.87. The quantitative estimate of drug-likeness (QED) is 0.728. The summed E-state index contributed by atoms with van der Waals surface area (Å²) in [7, 11) is 1.65. The van der Waals surface area contributed by atoms with Crippen LogP contribution in [0.3, 0.4) is 0 Å². The molecule has 0 bridgehead atoms. The van der Waals surface area contributed by atoms with Crippen LogP contribution in [0.25, 0.3) is 0 Å². The highest BCUT2D eigenvalue weighted by atomic mass is 35.5. The van der Waals surface area contributed by atoms with E-state index in [0.29, 0.717) is 13.1 Å². The molecule has 1 fully saturated rings. The molecule has 1 saturated heterocycles. The van der Waals surface area contributed by atoms with Crippen molar-refractivity contribution in [1.82, 2.24) is 14.7 Å². The molecule has 2 heterocycles. The zero-order valence-electron chi connectivity index (χ0n) is 9.04. The van der Waals surface area contributed by atoms with Crippen molar-refractivity contribution in [2.75, 3.05) is 26.1 Å². The number of hydrogen-bond acceptors (Lipinski definition) is 3. The minimum absolute atomic E-state index is 0.0161. The van der Waals surface area contributed by atoms with E-state index in [-0.39, 0.29) is 23.9 Å². The first-order valence-corrected chi connectivity index (χ1v) is 5.65. The van der Waals surface area contributed by atoms with Gasteiger partial charge in [-0.2, -0.15) is 5.10 Å². The molecule has 1 aromatic heterocycles. The van der Waals surface area contributed by atoms with Gasteiger partial charge in [-0.05, 0) is 6.07 Å². The molecule has 1 amide bonds. The highest BCUT2D eigenvalue weighted by Crippen LogP contribution is 2.23. The molecule has 1 aliphatic rings. The number of ether oxygens (including phenoxy) is 1. The Balaban J connectivity index is 2.11. The summed E-state index contributed by atoms with van der Waals surface area (Å²) in [4.78, 5) is 13.2. The predicted octanol–water partition coefficient (Wildman–Crippen LogP) is 0.520. The van der Waals surface area contributed by atoms with Gasteiger partial charge in [-0.25, -0.2) is 0 Å². The van der Waals surface area contributed by atoms with E-state index < -0.39 is 0 Å². The topological polar surface area (TPSA) is 47.4 Å². The number of aromatic nitrogens is 2. The van der Waals surface area contributed by atoms with Crippen LogP contribution in [0.2, 0.25) is 0 Å². The van der Waals surface area contributed by atoms with Gasteiger partial charge in [0.25, 0.3) is 0 Å². The molecule has 2 rings (SSSR count). The van der Waals surface area contributed by atoms with Crippen molar-refractivity contribution >= 4 is 17.5 Å². The summed E-state index contributed by atoms with van der Waals surface area (Å²) in [5.74, 6) is -0.0409. The monoisotopic (exact) mass is 243 g/mol. The van der Waals surface area contributed by atoms with Gasteiger partial charge < -0.3 is 9.64 Å². The lowest BCUT2D eigenvalue weighted by Crippen LogP contribution is -2.30. The number of methoxy groups -OCH3 is 1. The Kier molecular flexibility index (Phi) is 3.46. The van der Waals surface area contributed by atoms with Gasteiger partial charge >= 0.3 is 0 Å². The average Bonchev–Trinajstić information content (AvgIpc) is 2.95. The maximum atomic E-state index is 11.5. The van der Waals surface area contributed by atoms with Crippen molar-refractivity contribution in [2.24, 2.45) is 0 Å². The molecule has 5 nitrogen and oxygen atoms in total. The van der Waals surface area contributed by atoms with Gasteiger partial charge in [-0.15, -0.1) is 11.6 Å². The number of nitrogens with zero attached hydrogens (tertiary/aromatic N) is 3. The zero-order chi connectivity index (χ0) is 11.5. The summed E-state index contributed by atoms with van der Waals surface area (Å²) >= 11 is 5.54. The standard InChI is InChI=1S/C10H14ClN3O2/c1-16-9-7-13(10(15)5-11)6-8(9)14-4-2-3-12-14/h2-4,8-9H,5-7H2,1H3/t8-,9-/m0/s1. The van der Waals surface area contributed by atoms with Crippen molar-refractivity contribution < 1.29 is 9.53 Å². The molecule has 0 aliphatic carbocycles. The first kappa shape index (κ1) is 11.4. The molecule has 2 atom stereocenters. The Hall–Kier alpha value is -1.07. The number of alkyl halides is 1. The normalized spacial score (nSPS) is 25.0. The van der Waals surface area contributed by atoms with Crippen LogP contribution in [0.4, 0.5) is 0 Å². The number of carbonyl (C=O) groups excluding carboxylic acids is 1. The minimum Gasteiger partial charge on any atom is -0.377 e. The largest absolute Gasteiger partial charge is 0.377 e. The van der Waals surface area contributed by atoms with E-state index >= 15 is 0 Å². The molecule has 0 spiro atoms. The molecule has 16 heavy (non-hydrogen) atoms. The van der Waals surface area contributed by atoms with E-state index in [1.165, 1.54) is 0 Å². The predicted molar refractivity (Wildman–Crippen MR) is 59.4 cm³/mol. The lowest BCUT2D eigenvalue weighted by atomic mass is 10.2. The van der Waals surface area contributed by atoms with Crippen LogP contribution in [0.1, 0.15) is 6.04 Å². The summed E-state index contributed by atoms with van der Waals surface area (Å²) < 4.78 is 7.20. The SMILES string of the molecule is CO[C@H]1CN(C(=O)CCl)C[C@@H]1n1cccn1. The van der Waals surface area contributed by atoms with Crippen molar-refractivity contribution in [3.8, 4) is 0 Å². The zero-order valence-corrected chi connectivity index (χ0v) is 9.80. The Morgan fingerprint density at radius 1 is 1.62 bits per heavy atom. The van der Waals surface area contributed by atoms with E-state index in [9.17, 15) is 4.79 Å². The number of rotatable bonds is 3. The van der Waals surface area contributed by atoms with E-state index in [0.717, 1.165) is 0 Å². The van der Waals surface area contributed by atoms with Gasteiger partial charge in [-0.1, -0.05) is 0 Å². The number of likely N-dealkylation sites (tertiary alicyclic amines) is 1. The van der Waals surface area contributed by atoms with Crippen LogP contribution in [0.15, 0.2) is 18.5 Å². The highest BCUT2D eigenvalue weighted by Gasteiger charge is 2.36.